The van der Waals surface area contributed by atoms with E-state index in [1.165, 1.54) is 25.6 Å². The molecule has 34 heavy (non-hydrogen) atoms. The van der Waals surface area contributed by atoms with Crippen LogP contribution in [-0.2, 0) is 9.59 Å². The van der Waals surface area contributed by atoms with Gasteiger partial charge in [0.25, 0.3) is 5.91 Å². The molecule has 1 aromatic carbocycles. The van der Waals surface area contributed by atoms with E-state index >= 15 is 0 Å². The normalized spacial score (nSPS) is 15.1. The van der Waals surface area contributed by atoms with Crippen molar-refractivity contribution in [2.24, 2.45) is 21.7 Å². The van der Waals surface area contributed by atoms with Crippen LogP contribution in [0.1, 0.15) is 12.8 Å². The highest BCUT2D eigenvalue weighted by molar-refractivity contribution is 6.32. The fourth-order valence-electron chi connectivity index (χ4n) is 2.65. The molecule has 1 aliphatic rings. The monoisotopic (exact) mass is 486 g/mol. The second-order valence-electron chi connectivity index (χ2n) is 7.16. The summed E-state index contributed by atoms with van der Waals surface area (Å²) in [6.45, 7) is 7.45. The minimum absolute atomic E-state index is 0.0766. The molecule has 0 spiro atoms. The molecule has 11 heteroatoms. The zero-order chi connectivity index (χ0) is 25.1. The standard InChI is InChI=1S/C23H27ClN6O4/c1-4-27-14-16(12-25)21(31)29-23(9-10-23)22(32)28-13-15(2)5-8-20(30-26)34-19-7-6-17(33-3)11-18(19)24/h4-8,11-12,14H,1-2,9-10,13,25-26H2,3H3,(H,28,32)(H,29,31)/b8-5-,16-12+,27-14-,30-20+. The molecule has 6 N–H and O–H groups in total. The Morgan fingerprint density at radius 1 is 1.32 bits per heavy atom. The zero-order valence-electron chi connectivity index (χ0n) is 18.7. The lowest BCUT2D eigenvalue weighted by atomic mass is 10.2. The molecule has 1 aliphatic carbocycles. The van der Waals surface area contributed by atoms with Crippen LogP contribution in [0.15, 0.2) is 77.1 Å². The van der Waals surface area contributed by atoms with E-state index in [1.54, 1.807) is 24.3 Å². The van der Waals surface area contributed by atoms with Crippen molar-refractivity contribution >= 4 is 35.5 Å². The van der Waals surface area contributed by atoms with Crippen LogP contribution in [0.25, 0.3) is 0 Å². The van der Waals surface area contributed by atoms with Gasteiger partial charge in [-0.2, -0.15) is 0 Å². The highest BCUT2D eigenvalue weighted by Crippen LogP contribution is 2.35. The minimum Gasteiger partial charge on any atom is -0.497 e. The van der Waals surface area contributed by atoms with E-state index in [0.29, 0.717) is 34.9 Å². The average Bonchev–Trinajstić information content (AvgIpc) is 3.61. The van der Waals surface area contributed by atoms with Gasteiger partial charge in [-0.15, -0.1) is 5.10 Å². The van der Waals surface area contributed by atoms with E-state index in [4.69, 9.17) is 32.7 Å². The van der Waals surface area contributed by atoms with Gasteiger partial charge in [0.15, 0.2) is 0 Å². The highest BCUT2D eigenvalue weighted by atomic mass is 35.5. The Morgan fingerprint density at radius 3 is 2.62 bits per heavy atom. The lowest BCUT2D eigenvalue weighted by Gasteiger charge is -2.17. The van der Waals surface area contributed by atoms with Gasteiger partial charge in [0.05, 0.1) is 17.7 Å². The summed E-state index contributed by atoms with van der Waals surface area (Å²) in [6, 6.07) is 4.89. The number of nitrogens with one attached hydrogen (secondary N) is 2. The molecule has 1 aromatic rings. The number of methoxy groups -OCH3 is 1. The van der Waals surface area contributed by atoms with Crippen molar-refractivity contribution in [2.75, 3.05) is 13.7 Å². The number of nitrogens with zero attached hydrogens (tertiary/aromatic N) is 2. The van der Waals surface area contributed by atoms with E-state index in [2.05, 4.69) is 33.9 Å². The molecule has 10 nitrogen and oxygen atoms in total. The van der Waals surface area contributed by atoms with Crippen molar-refractivity contribution in [3.05, 3.63) is 72.1 Å². The van der Waals surface area contributed by atoms with E-state index < -0.39 is 11.4 Å². The fourth-order valence-corrected chi connectivity index (χ4v) is 2.86. The first kappa shape index (κ1) is 26.2. The lowest BCUT2D eigenvalue weighted by Crippen LogP contribution is -2.49. The predicted molar refractivity (Wildman–Crippen MR) is 133 cm³/mol. The summed E-state index contributed by atoms with van der Waals surface area (Å²) in [4.78, 5) is 28.7. The number of ether oxygens (including phenoxy) is 2. The van der Waals surface area contributed by atoms with Crippen LogP contribution >= 0.6 is 11.6 Å². The van der Waals surface area contributed by atoms with Crippen LogP contribution in [-0.4, -0.2) is 43.1 Å². The van der Waals surface area contributed by atoms with Crippen LogP contribution in [0.2, 0.25) is 5.02 Å². The fraction of sp³-hybridized carbons (Fsp3) is 0.217. The molecule has 2 amide bonds. The number of hydrogen-bond acceptors (Lipinski definition) is 8. The van der Waals surface area contributed by atoms with Gasteiger partial charge in [0.2, 0.25) is 11.8 Å². The average molecular weight is 487 g/mol. The maximum absolute atomic E-state index is 12.6. The molecular formula is C23H27ClN6O4. The lowest BCUT2D eigenvalue weighted by molar-refractivity contribution is -0.128. The number of halogens is 1. The topological polar surface area (TPSA) is 153 Å². The van der Waals surface area contributed by atoms with Crippen molar-refractivity contribution in [3.8, 4) is 11.5 Å². The molecule has 0 unspecified atom stereocenters. The summed E-state index contributed by atoms with van der Waals surface area (Å²) in [5, 5.41) is 9.34. The Labute approximate surface area is 202 Å². The highest BCUT2D eigenvalue weighted by Gasteiger charge is 2.51. The Bertz CT molecular complexity index is 1070. The first-order chi connectivity index (χ1) is 16.3. The second-order valence-corrected chi connectivity index (χ2v) is 7.57. The van der Waals surface area contributed by atoms with Crippen molar-refractivity contribution in [3.63, 3.8) is 0 Å². The summed E-state index contributed by atoms with van der Waals surface area (Å²) in [6.07, 6.45) is 7.73. The number of rotatable bonds is 11. The van der Waals surface area contributed by atoms with Crippen molar-refractivity contribution in [1.29, 1.82) is 0 Å². The number of carbonyl (C=O) groups is 2. The van der Waals surface area contributed by atoms with Crippen molar-refractivity contribution < 1.29 is 19.1 Å². The zero-order valence-corrected chi connectivity index (χ0v) is 19.5. The molecule has 2 rings (SSSR count). The van der Waals surface area contributed by atoms with E-state index in [-0.39, 0.29) is 23.9 Å². The van der Waals surface area contributed by atoms with E-state index in [9.17, 15) is 9.59 Å². The van der Waals surface area contributed by atoms with Crippen LogP contribution < -0.4 is 31.7 Å². The van der Waals surface area contributed by atoms with Gasteiger partial charge in [-0.1, -0.05) is 30.8 Å². The molecule has 0 saturated heterocycles. The number of hydrazone groups is 1. The van der Waals surface area contributed by atoms with Crippen molar-refractivity contribution in [2.45, 2.75) is 18.4 Å². The molecule has 0 atom stereocenters. The molecule has 0 aromatic heterocycles. The van der Waals surface area contributed by atoms with E-state index in [0.717, 1.165) is 6.20 Å². The molecule has 180 valence electrons. The predicted octanol–water partition coefficient (Wildman–Crippen LogP) is 1.93. The van der Waals surface area contributed by atoms with Gasteiger partial charge in [-0.25, -0.2) is 0 Å². The smallest absolute Gasteiger partial charge is 0.255 e. The minimum atomic E-state index is -0.991. The maximum atomic E-state index is 12.6. The van der Waals surface area contributed by atoms with Crippen LogP contribution in [0.3, 0.4) is 0 Å². The molecule has 0 heterocycles. The third kappa shape index (κ3) is 7.24. The third-order valence-electron chi connectivity index (χ3n) is 4.72. The summed E-state index contributed by atoms with van der Waals surface area (Å²) in [5.74, 6) is 5.55. The molecule has 1 fully saturated rings. The van der Waals surface area contributed by atoms with Gasteiger partial charge < -0.3 is 31.7 Å². The summed E-state index contributed by atoms with van der Waals surface area (Å²) >= 11 is 6.15. The molecular weight excluding hydrogens is 460 g/mol. The van der Waals surface area contributed by atoms with Gasteiger partial charge in [-0.05, 0) is 30.5 Å². The quantitative estimate of drug-likeness (QED) is 0.0935. The summed E-state index contributed by atoms with van der Waals surface area (Å²) in [7, 11) is 1.53. The number of aliphatic imine (C=N–C) groups is 1. The van der Waals surface area contributed by atoms with Gasteiger partial charge in [0.1, 0.15) is 17.0 Å². The van der Waals surface area contributed by atoms with E-state index in [1.807, 2.05) is 0 Å². The molecule has 0 bridgehead atoms. The Hall–Kier alpha value is -4.05. The molecule has 0 radical (unpaired) electrons. The number of hydrogen-bond donors (Lipinski definition) is 4. The third-order valence-corrected chi connectivity index (χ3v) is 5.01. The largest absolute Gasteiger partial charge is 0.497 e. The SMILES string of the molecule is C=C/N=C\C(=C/N)C(=O)NC1(C(=O)NCC(=C)/C=C\C(=N/N)Oc2ccc(OC)cc2Cl)CC1. The first-order valence-electron chi connectivity index (χ1n) is 10.1. The molecule has 1 saturated carbocycles. The Kier molecular flexibility index (Phi) is 9.45. The number of benzene rings is 1. The number of carbonyl (C=O) groups excluding carboxylic acids is 2. The van der Waals surface area contributed by atoms with Gasteiger partial charge in [-0.3, -0.25) is 14.6 Å². The maximum Gasteiger partial charge on any atom is 0.255 e. The first-order valence-corrected chi connectivity index (χ1v) is 10.5. The molecule has 0 aliphatic heterocycles. The number of nitrogens with two attached hydrogens (primary N) is 2. The van der Waals surface area contributed by atoms with Crippen LogP contribution in [0.4, 0.5) is 0 Å². The van der Waals surface area contributed by atoms with Crippen LogP contribution in [0, 0.1) is 0 Å². The van der Waals surface area contributed by atoms with Gasteiger partial charge in [0, 0.05) is 37.3 Å². The van der Waals surface area contributed by atoms with Gasteiger partial charge >= 0.3 is 0 Å². The summed E-state index contributed by atoms with van der Waals surface area (Å²) in [5.41, 5.74) is 5.13. The van der Waals surface area contributed by atoms with Crippen molar-refractivity contribution in [1.82, 2.24) is 10.6 Å². The number of amides is 2. The van der Waals surface area contributed by atoms with Crippen LogP contribution in [0.5, 0.6) is 11.5 Å². The second kappa shape index (κ2) is 12.3. The summed E-state index contributed by atoms with van der Waals surface area (Å²) < 4.78 is 10.7. The Morgan fingerprint density at radius 2 is 2.06 bits per heavy atom. The Balaban J connectivity index is 1.90.